The van der Waals surface area contributed by atoms with Gasteiger partial charge in [-0.3, -0.25) is 0 Å². The van der Waals surface area contributed by atoms with Crippen LogP contribution in [0, 0.1) is 0 Å². The van der Waals surface area contributed by atoms with E-state index in [1.54, 1.807) is 26.8 Å². The van der Waals surface area contributed by atoms with Crippen LogP contribution in [0.4, 0.5) is 0 Å². The molecule has 0 aromatic rings. The molecule has 0 aliphatic carbocycles. The molecule has 0 aliphatic heterocycles. The summed E-state index contributed by atoms with van der Waals surface area (Å²) in [5.41, 5.74) is -0.716. The number of carbonyl (C=O) groups is 1. The molecule has 0 saturated heterocycles. The molecule has 0 aliphatic rings. The molecule has 0 bridgehead atoms. The van der Waals surface area contributed by atoms with Crippen LogP contribution in [0.25, 0.3) is 0 Å². The minimum absolute atomic E-state index is 0.0477. The molecule has 2 N–H and O–H groups in total. The van der Waals surface area contributed by atoms with Gasteiger partial charge in [-0.25, -0.2) is 4.79 Å². The molecule has 88 valence electrons. The van der Waals surface area contributed by atoms with E-state index in [9.17, 15) is 15.0 Å². The Morgan fingerprint density at radius 1 is 1.40 bits per heavy atom. The molecule has 0 amide bonds. The molecule has 4 heteroatoms. The van der Waals surface area contributed by atoms with Crippen LogP contribution in [0.15, 0.2) is 12.7 Å². The molecule has 0 spiro atoms. The number of rotatable bonds is 5. The number of hydrogen-bond donors (Lipinski definition) is 2. The number of ether oxygens (including phenoxy) is 1. The van der Waals surface area contributed by atoms with Gasteiger partial charge in [-0.05, 0) is 33.6 Å². The summed E-state index contributed by atoms with van der Waals surface area (Å²) < 4.78 is 4.87. The number of hydrogen-bond acceptors (Lipinski definition) is 4. The standard InChI is InChI=1S/C11H20O4/c1-5-6-7-8-11(13,14)9(12)15-10(2,3)4/h5,13-14H,1,6-8H2,2-4H3. The van der Waals surface area contributed by atoms with Crippen molar-refractivity contribution in [2.24, 2.45) is 0 Å². The summed E-state index contributed by atoms with van der Waals surface area (Å²) >= 11 is 0. The van der Waals surface area contributed by atoms with Crippen molar-refractivity contribution >= 4 is 5.97 Å². The molecule has 0 aromatic heterocycles. The first-order chi connectivity index (χ1) is 6.69. The van der Waals surface area contributed by atoms with Gasteiger partial charge in [0.1, 0.15) is 5.60 Å². The fourth-order valence-electron chi connectivity index (χ4n) is 0.955. The van der Waals surface area contributed by atoms with Gasteiger partial charge < -0.3 is 14.9 Å². The van der Waals surface area contributed by atoms with Crippen LogP contribution in [-0.4, -0.2) is 27.6 Å². The highest BCUT2D eigenvalue weighted by molar-refractivity contribution is 5.77. The first kappa shape index (κ1) is 14.1. The van der Waals surface area contributed by atoms with E-state index < -0.39 is 17.4 Å². The van der Waals surface area contributed by atoms with Crippen molar-refractivity contribution in [3.8, 4) is 0 Å². The lowest BCUT2D eigenvalue weighted by Crippen LogP contribution is -2.43. The van der Waals surface area contributed by atoms with Crippen LogP contribution in [0.5, 0.6) is 0 Å². The molecular formula is C11H20O4. The van der Waals surface area contributed by atoms with Gasteiger partial charge in [-0.15, -0.1) is 6.58 Å². The predicted octanol–water partition coefficient (Wildman–Crippen LogP) is 1.37. The van der Waals surface area contributed by atoms with Gasteiger partial charge in [0.25, 0.3) is 5.79 Å². The van der Waals surface area contributed by atoms with Gasteiger partial charge in [0.2, 0.25) is 0 Å². The van der Waals surface area contributed by atoms with Crippen LogP contribution >= 0.6 is 0 Å². The Morgan fingerprint density at radius 3 is 2.33 bits per heavy atom. The summed E-state index contributed by atoms with van der Waals surface area (Å²) in [6.07, 6.45) is 2.72. The Hall–Kier alpha value is -0.870. The lowest BCUT2D eigenvalue weighted by atomic mass is 10.1. The van der Waals surface area contributed by atoms with Crippen molar-refractivity contribution in [1.82, 2.24) is 0 Å². The van der Waals surface area contributed by atoms with E-state index in [0.717, 1.165) is 0 Å². The summed E-state index contributed by atoms with van der Waals surface area (Å²) in [6.45, 7) is 8.52. The number of carbonyl (C=O) groups excluding carboxylic acids is 1. The second kappa shape index (κ2) is 5.28. The molecule has 0 saturated carbocycles. The normalized spacial score (nSPS) is 12.3. The van der Waals surface area contributed by atoms with E-state index in [-0.39, 0.29) is 6.42 Å². The number of aliphatic hydroxyl groups is 2. The van der Waals surface area contributed by atoms with E-state index in [1.807, 2.05) is 0 Å². The Bertz CT molecular complexity index is 225. The van der Waals surface area contributed by atoms with E-state index in [2.05, 4.69) is 6.58 Å². The summed E-state index contributed by atoms with van der Waals surface area (Å²) in [6, 6.07) is 0. The number of esters is 1. The molecule has 15 heavy (non-hydrogen) atoms. The van der Waals surface area contributed by atoms with Crippen molar-refractivity contribution < 1.29 is 19.7 Å². The highest BCUT2D eigenvalue weighted by atomic mass is 16.6. The van der Waals surface area contributed by atoms with Crippen molar-refractivity contribution in [3.05, 3.63) is 12.7 Å². The first-order valence-corrected chi connectivity index (χ1v) is 4.98. The summed E-state index contributed by atoms with van der Waals surface area (Å²) in [7, 11) is 0. The van der Waals surface area contributed by atoms with E-state index in [1.165, 1.54) is 0 Å². The first-order valence-electron chi connectivity index (χ1n) is 4.98. The molecule has 0 unspecified atom stereocenters. The molecule has 0 rings (SSSR count). The van der Waals surface area contributed by atoms with Gasteiger partial charge in [0, 0.05) is 6.42 Å². The Balaban J connectivity index is 4.19. The lowest BCUT2D eigenvalue weighted by Gasteiger charge is -2.26. The Morgan fingerprint density at radius 2 is 1.93 bits per heavy atom. The third-order valence-electron chi connectivity index (χ3n) is 1.66. The summed E-state index contributed by atoms with van der Waals surface area (Å²) in [4.78, 5) is 11.3. The van der Waals surface area contributed by atoms with Gasteiger partial charge >= 0.3 is 5.97 Å². The van der Waals surface area contributed by atoms with Gasteiger partial charge in [-0.2, -0.15) is 0 Å². The molecule has 4 nitrogen and oxygen atoms in total. The zero-order valence-corrected chi connectivity index (χ0v) is 9.62. The molecule has 0 radical (unpaired) electrons. The second-order valence-electron chi connectivity index (χ2n) is 4.50. The molecule has 0 heterocycles. The van der Waals surface area contributed by atoms with Crippen LogP contribution in [0.1, 0.15) is 40.0 Å². The Labute approximate surface area is 90.6 Å². The van der Waals surface area contributed by atoms with Crippen LogP contribution in [-0.2, 0) is 9.53 Å². The average molecular weight is 216 g/mol. The summed E-state index contributed by atoms with van der Waals surface area (Å²) in [5.74, 6) is -3.39. The van der Waals surface area contributed by atoms with E-state index in [4.69, 9.17) is 4.74 Å². The summed E-state index contributed by atoms with van der Waals surface area (Å²) in [5, 5.41) is 18.8. The minimum Gasteiger partial charge on any atom is -0.456 e. The van der Waals surface area contributed by atoms with Crippen LogP contribution in [0.2, 0.25) is 0 Å². The van der Waals surface area contributed by atoms with Gasteiger partial charge in [-0.1, -0.05) is 6.08 Å². The zero-order valence-electron chi connectivity index (χ0n) is 9.62. The van der Waals surface area contributed by atoms with E-state index in [0.29, 0.717) is 12.8 Å². The molecule has 0 aromatic carbocycles. The van der Waals surface area contributed by atoms with Crippen molar-refractivity contribution in [3.63, 3.8) is 0 Å². The topological polar surface area (TPSA) is 66.8 Å². The van der Waals surface area contributed by atoms with Crippen LogP contribution in [0.3, 0.4) is 0 Å². The highest BCUT2D eigenvalue weighted by Crippen LogP contribution is 2.17. The quantitative estimate of drug-likeness (QED) is 0.315. The molecule has 0 atom stereocenters. The third-order valence-corrected chi connectivity index (χ3v) is 1.66. The maximum absolute atomic E-state index is 11.3. The third kappa shape index (κ3) is 6.25. The fourth-order valence-corrected chi connectivity index (χ4v) is 0.955. The average Bonchev–Trinajstić information content (AvgIpc) is 2.01. The smallest absolute Gasteiger partial charge is 0.366 e. The van der Waals surface area contributed by atoms with Crippen LogP contribution < -0.4 is 0 Å². The van der Waals surface area contributed by atoms with Gasteiger partial charge in [0.05, 0.1) is 0 Å². The number of unbranched alkanes of at least 4 members (excludes halogenated alkanes) is 1. The lowest BCUT2D eigenvalue weighted by molar-refractivity contribution is -0.221. The van der Waals surface area contributed by atoms with Crippen molar-refractivity contribution in [2.45, 2.75) is 51.4 Å². The zero-order chi connectivity index (χ0) is 12.1. The molecular weight excluding hydrogens is 196 g/mol. The predicted molar refractivity (Wildman–Crippen MR) is 57.1 cm³/mol. The Kier molecular flexibility index (Phi) is 4.97. The number of allylic oxidation sites excluding steroid dienone is 1. The molecule has 0 fully saturated rings. The minimum atomic E-state index is -2.39. The maximum atomic E-state index is 11.3. The monoisotopic (exact) mass is 216 g/mol. The largest absolute Gasteiger partial charge is 0.456 e. The van der Waals surface area contributed by atoms with Crippen molar-refractivity contribution in [2.75, 3.05) is 0 Å². The fraction of sp³-hybridized carbons (Fsp3) is 0.727. The van der Waals surface area contributed by atoms with Gasteiger partial charge in [0.15, 0.2) is 0 Å². The SMILES string of the molecule is C=CCCCC(O)(O)C(=O)OC(C)(C)C. The maximum Gasteiger partial charge on any atom is 0.366 e. The second-order valence-corrected chi connectivity index (χ2v) is 4.50. The van der Waals surface area contributed by atoms with Crippen molar-refractivity contribution in [1.29, 1.82) is 0 Å². The highest BCUT2D eigenvalue weighted by Gasteiger charge is 2.36. The van der Waals surface area contributed by atoms with E-state index >= 15 is 0 Å².